The molecular weight excluding hydrogens is 232 g/mol. The zero-order chi connectivity index (χ0) is 11.3. The summed E-state index contributed by atoms with van der Waals surface area (Å²) in [4.78, 5) is 19.4. The van der Waals surface area contributed by atoms with Gasteiger partial charge in [0.1, 0.15) is 5.03 Å². The lowest BCUT2D eigenvalue weighted by Crippen LogP contribution is -2.04. The predicted octanol–water partition coefficient (Wildman–Crippen LogP) is 1.77. The number of aromatic nitrogens is 2. The first-order valence-electron chi connectivity index (χ1n) is 4.25. The van der Waals surface area contributed by atoms with Crippen LogP contribution in [0.4, 0.5) is 0 Å². The molecule has 0 saturated carbocycles. The first-order valence-corrected chi connectivity index (χ1v) is 6.46. The third kappa shape index (κ3) is 4.09. The Kier molecular flexibility index (Phi) is 4.90. The number of carbonyl (C=O) groups excluding carboxylic acids is 1. The summed E-state index contributed by atoms with van der Waals surface area (Å²) in [6, 6.07) is 1.91. The molecule has 1 rings (SSSR count). The van der Waals surface area contributed by atoms with E-state index in [2.05, 4.69) is 14.7 Å². The van der Waals surface area contributed by atoms with Crippen LogP contribution in [0, 0.1) is 6.92 Å². The molecule has 82 valence electrons. The minimum atomic E-state index is -0.268. The molecule has 0 spiro atoms. The molecule has 0 aliphatic heterocycles. The average molecular weight is 244 g/mol. The van der Waals surface area contributed by atoms with Crippen molar-refractivity contribution in [1.82, 2.24) is 9.97 Å². The molecule has 4 nitrogen and oxygen atoms in total. The Hall–Kier alpha value is -0.750. The number of hydrogen-bond donors (Lipinski definition) is 0. The molecule has 1 aromatic rings. The zero-order valence-electron chi connectivity index (χ0n) is 8.81. The number of nitrogens with zero attached hydrogens (tertiary/aromatic N) is 2. The predicted molar refractivity (Wildman–Crippen MR) is 61.3 cm³/mol. The van der Waals surface area contributed by atoms with Crippen molar-refractivity contribution in [2.24, 2.45) is 0 Å². The first kappa shape index (κ1) is 12.3. The summed E-state index contributed by atoms with van der Waals surface area (Å²) < 4.78 is 4.54. The van der Waals surface area contributed by atoms with Gasteiger partial charge in [-0.05, 0) is 19.2 Å². The summed E-state index contributed by atoms with van der Waals surface area (Å²) >= 11 is 2.84. The van der Waals surface area contributed by atoms with Gasteiger partial charge in [-0.3, -0.25) is 4.79 Å². The fourth-order valence-electron chi connectivity index (χ4n) is 0.865. The number of aryl methyl sites for hydroxylation is 1. The quantitative estimate of drug-likeness (QED) is 0.348. The van der Waals surface area contributed by atoms with Crippen LogP contribution in [0.25, 0.3) is 0 Å². The number of thioether (sulfide) groups is 2. The lowest BCUT2D eigenvalue weighted by Gasteiger charge is -2.02. The second kappa shape index (κ2) is 5.97. The molecule has 0 saturated heterocycles. The van der Waals surface area contributed by atoms with Gasteiger partial charge in [0.15, 0.2) is 5.16 Å². The van der Waals surface area contributed by atoms with E-state index in [0.29, 0.717) is 5.16 Å². The van der Waals surface area contributed by atoms with Crippen LogP contribution >= 0.6 is 23.5 Å². The second-order valence-electron chi connectivity index (χ2n) is 2.70. The van der Waals surface area contributed by atoms with Gasteiger partial charge in [0.05, 0.1) is 12.9 Å². The Labute approximate surface area is 97.2 Å². The van der Waals surface area contributed by atoms with Crippen LogP contribution in [-0.4, -0.2) is 35.1 Å². The van der Waals surface area contributed by atoms with Crippen molar-refractivity contribution in [3.63, 3.8) is 0 Å². The van der Waals surface area contributed by atoms with E-state index in [-0.39, 0.29) is 11.7 Å². The van der Waals surface area contributed by atoms with Crippen molar-refractivity contribution in [1.29, 1.82) is 0 Å². The SMILES string of the molecule is COC(=O)CSc1nc(C)cc(SC)n1. The molecule has 0 unspecified atom stereocenters. The number of carbonyl (C=O) groups is 1. The van der Waals surface area contributed by atoms with E-state index >= 15 is 0 Å². The number of hydrogen-bond acceptors (Lipinski definition) is 6. The van der Waals surface area contributed by atoms with Crippen molar-refractivity contribution in [3.05, 3.63) is 11.8 Å². The fraction of sp³-hybridized carbons (Fsp3) is 0.444. The Balaban J connectivity index is 2.68. The summed E-state index contributed by atoms with van der Waals surface area (Å²) in [5.41, 5.74) is 0.904. The second-order valence-corrected chi connectivity index (χ2v) is 4.47. The zero-order valence-corrected chi connectivity index (χ0v) is 10.4. The first-order chi connectivity index (χ1) is 7.15. The minimum Gasteiger partial charge on any atom is -0.468 e. The molecule has 0 aromatic carbocycles. The van der Waals surface area contributed by atoms with Crippen molar-refractivity contribution in [3.8, 4) is 0 Å². The molecule has 0 amide bonds. The van der Waals surface area contributed by atoms with Crippen molar-refractivity contribution in [2.75, 3.05) is 19.1 Å². The highest BCUT2D eigenvalue weighted by molar-refractivity contribution is 8.00. The van der Waals surface area contributed by atoms with Gasteiger partial charge in [-0.2, -0.15) is 0 Å². The summed E-state index contributed by atoms with van der Waals surface area (Å²) in [5, 5.41) is 1.53. The van der Waals surface area contributed by atoms with Gasteiger partial charge in [-0.1, -0.05) is 11.8 Å². The van der Waals surface area contributed by atoms with Crippen LogP contribution in [0.2, 0.25) is 0 Å². The van der Waals surface area contributed by atoms with Crippen LogP contribution in [0.1, 0.15) is 5.69 Å². The molecular formula is C9H12N2O2S2. The molecule has 0 radical (unpaired) electrons. The van der Waals surface area contributed by atoms with E-state index < -0.39 is 0 Å². The highest BCUT2D eigenvalue weighted by Gasteiger charge is 2.06. The average Bonchev–Trinajstić information content (AvgIpc) is 2.25. The molecule has 1 aromatic heterocycles. The topological polar surface area (TPSA) is 52.1 Å². The fourth-order valence-corrected chi connectivity index (χ4v) is 2.13. The Bertz CT molecular complexity index is 358. The lowest BCUT2D eigenvalue weighted by molar-refractivity contribution is -0.137. The van der Waals surface area contributed by atoms with Gasteiger partial charge in [0.2, 0.25) is 0 Å². The molecule has 0 fully saturated rings. The Morgan fingerprint density at radius 3 is 2.87 bits per heavy atom. The highest BCUT2D eigenvalue weighted by atomic mass is 32.2. The molecule has 0 N–H and O–H groups in total. The number of ether oxygens (including phenoxy) is 1. The van der Waals surface area contributed by atoms with Gasteiger partial charge in [-0.25, -0.2) is 9.97 Å². The third-order valence-electron chi connectivity index (χ3n) is 1.57. The van der Waals surface area contributed by atoms with E-state index in [9.17, 15) is 4.79 Å². The van der Waals surface area contributed by atoms with Crippen molar-refractivity contribution in [2.45, 2.75) is 17.1 Å². The van der Waals surface area contributed by atoms with Crippen molar-refractivity contribution >= 4 is 29.5 Å². The van der Waals surface area contributed by atoms with Gasteiger partial charge in [0.25, 0.3) is 0 Å². The number of rotatable bonds is 4. The summed E-state index contributed by atoms with van der Waals surface area (Å²) in [7, 11) is 1.37. The van der Waals surface area contributed by atoms with Gasteiger partial charge >= 0.3 is 5.97 Å². The standard InChI is InChI=1S/C9H12N2O2S2/c1-6-4-7(14-3)11-9(10-6)15-5-8(12)13-2/h4H,5H2,1-3H3. The van der Waals surface area contributed by atoms with E-state index in [1.807, 2.05) is 19.2 Å². The van der Waals surface area contributed by atoms with Gasteiger partial charge in [-0.15, -0.1) is 11.8 Å². The van der Waals surface area contributed by atoms with E-state index in [1.54, 1.807) is 11.8 Å². The Morgan fingerprint density at radius 2 is 2.27 bits per heavy atom. The van der Waals surface area contributed by atoms with E-state index in [1.165, 1.54) is 18.9 Å². The molecule has 0 bridgehead atoms. The monoisotopic (exact) mass is 244 g/mol. The van der Waals surface area contributed by atoms with E-state index in [0.717, 1.165) is 10.7 Å². The van der Waals surface area contributed by atoms with Crippen LogP contribution in [0.5, 0.6) is 0 Å². The van der Waals surface area contributed by atoms with Gasteiger partial charge < -0.3 is 4.74 Å². The van der Waals surface area contributed by atoms with E-state index in [4.69, 9.17) is 0 Å². The maximum Gasteiger partial charge on any atom is 0.316 e. The summed E-state index contributed by atoms with van der Waals surface area (Å²) in [5.74, 6) is -0.0239. The van der Waals surface area contributed by atoms with Crippen molar-refractivity contribution < 1.29 is 9.53 Å². The lowest BCUT2D eigenvalue weighted by atomic mass is 10.5. The molecule has 0 atom stereocenters. The summed E-state index contributed by atoms with van der Waals surface area (Å²) in [6.45, 7) is 1.91. The molecule has 1 heterocycles. The highest BCUT2D eigenvalue weighted by Crippen LogP contribution is 2.18. The van der Waals surface area contributed by atoms with Crippen LogP contribution in [-0.2, 0) is 9.53 Å². The normalized spacial score (nSPS) is 10.1. The largest absolute Gasteiger partial charge is 0.468 e. The summed E-state index contributed by atoms with van der Waals surface area (Å²) in [6.07, 6.45) is 1.95. The molecule has 6 heteroatoms. The van der Waals surface area contributed by atoms with Gasteiger partial charge in [0, 0.05) is 5.69 Å². The number of methoxy groups -OCH3 is 1. The molecule has 0 aliphatic rings. The smallest absolute Gasteiger partial charge is 0.316 e. The third-order valence-corrected chi connectivity index (χ3v) is 3.01. The van der Waals surface area contributed by atoms with Crippen LogP contribution < -0.4 is 0 Å². The molecule has 15 heavy (non-hydrogen) atoms. The van der Waals surface area contributed by atoms with Crippen LogP contribution in [0.15, 0.2) is 16.2 Å². The maximum absolute atomic E-state index is 10.9. The Morgan fingerprint density at radius 1 is 1.53 bits per heavy atom. The maximum atomic E-state index is 10.9. The van der Waals surface area contributed by atoms with Crippen LogP contribution in [0.3, 0.4) is 0 Å². The number of esters is 1. The minimum absolute atomic E-state index is 0.244. The molecule has 0 aliphatic carbocycles.